The molecule has 0 heterocycles. The van der Waals surface area contributed by atoms with Crippen LogP contribution in [0.1, 0.15) is 5.56 Å². The second kappa shape index (κ2) is 6.13. The largest absolute Gasteiger partial charge is 0.496 e. The molecule has 0 saturated heterocycles. The predicted molar refractivity (Wildman–Crippen MR) is 78.5 cm³/mol. The van der Waals surface area contributed by atoms with E-state index >= 15 is 0 Å². The minimum atomic E-state index is -2.89. The summed E-state index contributed by atoms with van der Waals surface area (Å²) in [6, 6.07) is 12.8. The second-order valence-corrected chi connectivity index (χ2v) is 5.29. The highest BCUT2D eigenvalue weighted by molar-refractivity contribution is 7.99. The molecule has 0 saturated carbocycles. The molecule has 0 atom stereocenters. The highest BCUT2D eigenvalue weighted by Crippen LogP contribution is 2.38. The summed E-state index contributed by atoms with van der Waals surface area (Å²) in [6.45, 7) is 0. The molecule has 2 aromatic rings. The molecule has 2 nitrogen and oxygen atoms in total. The van der Waals surface area contributed by atoms with E-state index in [-0.39, 0.29) is 11.3 Å². The number of nitrogen functional groups attached to an aromatic ring is 1. The van der Waals surface area contributed by atoms with Crippen LogP contribution >= 0.6 is 11.8 Å². The zero-order valence-electron chi connectivity index (χ0n) is 11.0. The fourth-order valence-corrected chi connectivity index (χ4v) is 2.69. The van der Waals surface area contributed by atoms with Crippen LogP contribution in [0.25, 0.3) is 0 Å². The molecule has 0 spiro atoms. The zero-order valence-corrected chi connectivity index (χ0v) is 11.8. The summed E-state index contributed by atoms with van der Waals surface area (Å²) in [5, 5.41) is 0. The quantitative estimate of drug-likeness (QED) is 0.664. The molecule has 0 aromatic heterocycles. The van der Waals surface area contributed by atoms with Crippen molar-refractivity contribution in [3.05, 3.63) is 54.1 Å². The normalized spacial score (nSPS) is 11.3. The molecule has 0 fully saturated rings. The Morgan fingerprint density at radius 1 is 1.15 bits per heavy atom. The van der Waals surface area contributed by atoms with E-state index in [2.05, 4.69) is 0 Å². The summed E-state index contributed by atoms with van der Waals surface area (Å²) in [5.41, 5.74) is 6.20. The first-order valence-electron chi connectivity index (χ1n) is 6.02. The Morgan fingerprint density at radius 3 is 2.50 bits per heavy atom. The van der Waals surface area contributed by atoms with E-state index in [1.54, 1.807) is 36.4 Å². The van der Waals surface area contributed by atoms with Gasteiger partial charge in [0.25, 0.3) is 5.92 Å². The lowest BCUT2D eigenvalue weighted by Gasteiger charge is -2.17. The summed E-state index contributed by atoms with van der Waals surface area (Å²) >= 11 is 1.05. The van der Waals surface area contributed by atoms with Gasteiger partial charge in [-0.05, 0) is 12.1 Å². The Balaban J connectivity index is 2.12. The number of anilines is 1. The van der Waals surface area contributed by atoms with Crippen molar-refractivity contribution >= 4 is 17.4 Å². The molecular weight excluding hydrogens is 280 g/mol. The van der Waals surface area contributed by atoms with Crippen LogP contribution in [-0.4, -0.2) is 12.9 Å². The summed E-state index contributed by atoms with van der Waals surface area (Å²) in [7, 11) is 1.49. The highest BCUT2D eigenvalue weighted by atomic mass is 32.2. The van der Waals surface area contributed by atoms with Crippen LogP contribution in [-0.2, 0) is 5.92 Å². The van der Waals surface area contributed by atoms with Gasteiger partial charge in [-0.2, -0.15) is 0 Å². The van der Waals surface area contributed by atoms with Crippen molar-refractivity contribution in [1.82, 2.24) is 0 Å². The molecule has 2 N–H and O–H groups in total. The maximum absolute atomic E-state index is 14.1. The van der Waals surface area contributed by atoms with Crippen molar-refractivity contribution in [1.29, 1.82) is 0 Å². The smallest absolute Gasteiger partial charge is 0.282 e. The average Bonchev–Trinajstić information content (AvgIpc) is 2.46. The first-order chi connectivity index (χ1) is 9.53. The van der Waals surface area contributed by atoms with Gasteiger partial charge in [0.15, 0.2) is 0 Å². The second-order valence-electron chi connectivity index (χ2n) is 4.27. The number of hydrogen-bond acceptors (Lipinski definition) is 3. The van der Waals surface area contributed by atoms with Gasteiger partial charge in [-0.25, -0.2) is 8.78 Å². The van der Waals surface area contributed by atoms with E-state index in [0.29, 0.717) is 16.3 Å². The van der Waals surface area contributed by atoms with Gasteiger partial charge in [0.2, 0.25) is 0 Å². The number of thioether (sulfide) groups is 1. The fourth-order valence-electron chi connectivity index (χ4n) is 1.74. The third kappa shape index (κ3) is 3.42. The van der Waals surface area contributed by atoms with Crippen molar-refractivity contribution < 1.29 is 13.5 Å². The van der Waals surface area contributed by atoms with Gasteiger partial charge in [0, 0.05) is 22.2 Å². The molecule has 0 unspecified atom stereocenters. The van der Waals surface area contributed by atoms with Gasteiger partial charge in [-0.3, -0.25) is 0 Å². The highest BCUT2D eigenvalue weighted by Gasteiger charge is 2.31. The van der Waals surface area contributed by atoms with E-state index in [1.807, 2.05) is 0 Å². The summed E-state index contributed by atoms with van der Waals surface area (Å²) in [5.74, 6) is -2.73. The Kier molecular flexibility index (Phi) is 4.49. The molecule has 106 valence electrons. The van der Waals surface area contributed by atoms with Crippen LogP contribution in [0.2, 0.25) is 0 Å². The SMILES string of the molecule is COc1cc(N)ccc1SCC(F)(F)c1ccccc1. The average molecular weight is 295 g/mol. The summed E-state index contributed by atoms with van der Waals surface area (Å²) < 4.78 is 33.3. The third-order valence-electron chi connectivity index (χ3n) is 2.79. The van der Waals surface area contributed by atoms with Gasteiger partial charge >= 0.3 is 0 Å². The van der Waals surface area contributed by atoms with Crippen LogP contribution in [0, 0.1) is 0 Å². The molecule has 0 aliphatic carbocycles. The number of hydrogen-bond donors (Lipinski definition) is 1. The van der Waals surface area contributed by atoms with Gasteiger partial charge in [-0.1, -0.05) is 30.3 Å². The Labute approximate surface area is 120 Å². The van der Waals surface area contributed by atoms with Crippen LogP contribution in [0.4, 0.5) is 14.5 Å². The number of rotatable bonds is 5. The Bertz CT molecular complexity index is 575. The zero-order chi connectivity index (χ0) is 14.6. The first-order valence-corrected chi connectivity index (χ1v) is 7.01. The lowest BCUT2D eigenvalue weighted by Crippen LogP contribution is -2.16. The Hall–Kier alpha value is -1.75. The van der Waals surface area contributed by atoms with Crippen LogP contribution < -0.4 is 10.5 Å². The molecule has 2 rings (SSSR count). The van der Waals surface area contributed by atoms with E-state index in [0.717, 1.165) is 11.8 Å². The molecule has 0 aliphatic rings. The minimum Gasteiger partial charge on any atom is -0.496 e. The van der Waals surface area contributed by atoms with Crippen molar-refractivity contribution in [2.75, 3.05) is 18.6 Å². The minimum absolute atomic E-state index is 0.0157. The van der Waals surface area contributed by atoms with Crippen LogP contribution in [0.15, 0.2) is 53.4 Å². The molecular formula is C15H15F2NOS. The van der Waals surface area contributed by atoms with Crippen LogP contribution in [0.5, 0.6) is 5.75 Å². The van der Waals surface area contributed by atoms with Gasteiger partial charge < -0.3 is 10.5 Å². The van der Waals surface area contributed by atoms with E-state index in [4.69, 9.17) is 10.5 Å². The predicted octanol–water partition coefficient (Wildman–Crippen LogP) is 4.16. The molecule has 2 aromatic carbocycles. The standard InChI is InChI=1S/C15H15F2NOS/c1-19-13-9-12(18)7-8-14(13)20-10-15(16,17)11-5-3-2-4-6-11/h2-9H,10,18H2,1H3. The van der Waals surface area contributed by atoms with Crippen molar-refractivity contribution in [3.8, 4) is 5.75 Å². The van der Waals surface area contributed by atoms with Gasteiger partial charge in [0.1, 0.15) is 5.75 Å². The molecule has 0 aliphatic heterocycles. The lowest BCUT2D eigenvalue weighted by atomic mass is 10.1. The van der Waals surface area contributed by atoms with Crippen LogP contribution in [0.3, 0.4) is 0 Å². The van der Waals surface area contributed by atoms with E-state index < -0.39 is 5.92 Å². The van der Waals surface area contributed by atoms with Gasteiger partial charge in [-0.15, -0.1) is 11.8 Å². The number of methoxy groups -OCH3 is 1. The maximum Gasteiger partial charge on any atom is 0.282 e. The number of nitrogens with two attached hydrogens (primary N) is 1. The first kappa shape index (κ1) is 14.7. The molecule has 5 heteroatoms. The molecule has 0 bridgehead atoms. The van der Waals surface area contributed by atoms with E-state index in [1.165, 1.54) is 19.2 Å². The molecule has 0 radical (unpaired) electrons. The summed E-state index contributed by atoms with van der Waals surface area (Å²) in [4.78, 5) is 0.650. The summed E-state index contributed by atoms with van der Waals surface area (Å²) in [6.07, 6.45) is 0. The lowest BCUT2D eigenvalue weighted by molar-refractivity contribution is 0.0231. The number of ether oxygens (including phenoxy) is 1. The third-order valence-corrected chi connectivity index (χ3v) is 3.95. The monoisotopic (exact) mass is 295 g/mol. The maximum atomic E-state index is 14.1. The van der Waals surface area contributed by atoms with E-state index in [9.17, 15) is 8.78 Å². The number of halogens is 2. The van der Waals surface area contributed by atoms with Crippen molar-refractivity contribution in [2.45, 2.75) is 10.8 Å². The molecule has 0 amide bonds. The number of benzene rings is 2. The van der Waals surface area contributed by atoms with Crippen molar-refractivity contribution in [2.24, 2.45) is 0 Å². The van der Waals surface area contributed by atoms with Crippen molar-refractivity contribution in [3.63, 3.8) is 0 Å². The topological polar surface area (TPSA) is 35.2 Å². The Morgan fingerprint density at radius 2 is 1.85 bits per heavy atom. The fraction of sp³-hybridized carbons (Fsp3) is 0.200. The van der Waals surface area contributed by atoms with Gasteiger partial charge in [0.05, 0.1) is 12.9 Å². The molecule has 20 heavy (non-hydrogen) atoms. The number of alkyl halides is 2.